The third-order valence-corrected chi connectivity index (χ3v) is 3.77. The van der Waals surface area contributed by atoms with Crippen molar-refractivity contribution < 1.29 is 9.53 Å². The lowest BCUT2D eigenvalue weighted by molar-refractivity contribution is -0.153. The number of rotatable bonds is 4. The van der Waals surface area contributed by atoms with Crippen LogP contribution in [0.3, 0.4) is 0 Å². The SMILES string of the molecule is CCC(C)C(N)C(=O)OC1CCC(C)CC1. The van der Waals surface area contributed by atoms with Crippen LogP contribution in [0.5, 0.6) is 0 Å². The van der Waals surface area contributed by atoms with Crippen LogP contribution in [0.15, 0.2) is 0 Å². The molecule has 0 bridgehead atoms. The summed E-state index contributed by atoms with van der Waals surface area (Å²) in [6.07, 6.45) is 5.35. The number of esters is 1. The Balaban J connectivity index is 2.33. The molecule has 0 aromatic carbocycles. The predicted octanol–water partition coefficient (Wildman–Crippen LogP) is 2.48. The molecule has 1 saturated carbocycles. The molecular weight excluding hydrogens is 202 g/mol. The molecule has 3 heteroatoms. The van der Waals surface area contributed by atoms with Gasteiger partial charge in [-0.25, -0.2) is 0 Å². The summed E-state index contributed by atoms with van der Waals surface area (Å²) in [6.45, 7) is 6.29. The van der Waals surface area contributed by atoms with E-state index in [9.17, 15) is 4.79 Å². The lowest BCUT2D eigenvalue weighted by atomic mass is 9.89. The van der Waals surface area contributed by atoms with E-state index in [1.807, 2.05) is 13.8 Å². The molecule has 1 aliphatic rings. The summed E-state index contributed by atoms with van der Waals surface area (Å²) in [5, 5.41) is 0. The number of carbonyl (C=O) groups is 1. The molecule has 0 heterocycles. The second-order valence-corrected chi connectivity index (χ2v) is 5.23. The zero-order chi connectivity index (χ0) is 12.1. The van der Waals surface area contributed by atoms with Gasteiger partial charge in [0.05, 0.1) is 0 Å². The second-order valence-electron chi connectivity index (χ2n) is 5.23. The van der Waals surface area contributed by atoms with E-state index < -0.39 is 6.04 Å². The topological polar surface area (TPSA) is 52.3 Å². The van der Waals surface area contributed by atoms with Crippen molar-refractivity contribution in [2.75, 3.05) is 0 Å². The van der Waals surface area contributed by atoms with E-state index in [0.717, 1.165) is 38.0 Å². The number of ether oxygens (including phenoxy) is 1. The Morgan fingerprint density at radius 3 is 2.44 bits per heavy atom. The molecule has 2 N–H and O–H groups in total. The molecule has 0 aromatic rings. The maximum Gasteiger partial charge on any atom is 0.323 e. The normalized spacial score (nSPS) is 29.5. The zero-order valence-electron chi connectivity index (χ0n) is 10.7. The molecule has 16 heavy (non-hydrogen) atoms. The molecule has 0 aromatic heterocycles. The Kier molecular flexibility index (Phi) is 5.26. The monoisotopic (exact) mass is 227 g/mol. The Morgan fingerprint density at radius 1 is 1.38 bits per heavy atom. The van der Waals surface area contributed by atoms with E-state index in [-0.39, 0.29) is 18.0 Å². The molecule has 0 aliphatic heterocycles. The summed E-state index contributed by atoms with van der Waals surface area (Å²) in [4.78, 5) is 11.7. The molecule has 0 radical (unpaired) electrons. The van der Waals surface area contributed by atoms with Crippen molar-refractivity contribution in [1.82, 2.24) is 0 Å². The lowest BCUT2D eigenvalue weighted by Gasteiger charge is -2.27. The summed E-state index contributed by atoms with van der Waals surface area (Å²) >= 11 is 0. The summed E-state index contributed by atoms with van der Waals surface area (Å²) < 4.78 is 5.46. The van der Waals surface area contributed by atoms with Crippen molar-refractivity contribution in [2.24, 2.45) is 17.6 Å². The molecule has 0 saturated heterocycles. The van der Waals surface area contributed by atoms with Crippen LogP contribution in [-0.2, 0) is 9.53 Å². The van der Waals surface area contributed by atoms with Gasteiger partial charge in [-0.2, -0.15) is 0 Å². The average molecular weight is 227 g/mol. The van der Waals surface area contributed by atoms with Gasteiger partial charge in [-0.05, 0) is 37.5 Å². The molecule has 94 valence electrons. The van der Waals surface area contributed by atoms with Crippen LogP contribution >= 0.6 is 0 Å². The minimum Gasteiger partial charge on any atom is -0.461 e. The van der Waals surface area contributed by atoms with Crippen LogP contribution in [0.1, 0.15) is 52.9 Å². The molecule has 0 amide bonds. The van der Waals surface area contributed by atoms with Crippen molar-refractivity contribution in [2.45, 2.75) is 65.0 Å². The standard InChI is InChI=1S/C13H25NO2/c1-4-10(3)12(14)13(15)16-11-7-5-9(2)6-8-11/h9-12H,4-8,14H2,1-3H3. The quantitative estimate of drug-likeness (QED) is 0.751. The highest BCUT2D eigenvalue weighted by atomic mass is 16.5. The van der Waals surface area contributed by atoms with Crippen LogP contribution in [0.4, 0.5) is 0 Å². The first-order valence-electron chi connectivity index (χ1n) is 6.50. The molecule has 1 fully saturated rings. The van der Waals surface area contributed by atoms with Gasteiger partial charge in [0.15, 0.2) is 0 Å². The van der Waals surface area contributed by atoms with E-state index in [4.69, 9.17) is 10.5 Å². The summed E-state index contributed by atoms with van der Waals surface area (Å²) in [7, 11) is 0. The lowest BCUT2D eigenvalue weighted by Crippen LogP contribution is -2.40. The van der Waals surface area contributed by atoms with Gasteiger partial charge in [-0.1, -0.05) is 27.2 Å². The van der Waals surface area contributed by atoms with E-state index in [1.165, 1.54) is 0 Å². The van der Waals surface area contributed by atoms with E-state index in [0.29, 0.717) is 0 Å². The average Bonchev–Trinajstić information content (AvgIpc) is 2.30. The van der Waals surface area contributed by atoms with Crippen molar-refractivity contribution >= 4 is 5.97 Å². The molecular formula is C13H25NO2. The maximum atomic E-state index is 11.7. The van der Waals surface area contributed by atoms with Gasteiger partial charge in [0.2, 0.25) is 0 Å². The van der Waals surface area contributed by atoms with Crippen molar-refractivity contribution in [1.29, 1.82) is 0 Å². The predicted molar refractivity (Wildman–Crippen MR) is 64.9 cm³/mol. The summed E-state index contributed by atoms with van der Waals surface area (Å²) in [5.74, 6) is 0.766. The minimum atomic E-state index is -0.454. The molecule has 2 atom stereocenters. The summed E-state index contributed by atoms with van der Waals surface area (Å²) in [6, 6.07) is -0.454. The van der Waals surface area contributed by atoms with Crippen LogP contribution in [-0.4, -0.2) is 18.1 Å². The van der Waals surface area contributed by atoms with Gasteiger partial charge in [-0.3, -0.25) is 4.79 Å². The van der Waals surface area contributed by atoms with Gasteiger partial charge < -0.3 is 10.5 Å². The zero-order valence-corrected chi connectivity index (χ0v) is 10.7. The fourth-order valence-corrected chi connectivity index (χ4v) is 2.08. The van der Waals surface area contributed by atoms with Gasteiger partial charge in [0.25, 0.3) is 0 Å². The third kappa shape index (κ3) is 3.78. The van der Waals surface area contributed by atoms with E-state index in [1.54, 1.807) is 0 Å². The molecule has 0 spiro atoms. The highest BCUT2D eigenvalue weighted by Gasteiger charge is 2.26. The highest BCUT2D eigenvalue weighted by Crippen LogP contribution is 2.26. The number of hydrogen-bond donors (Lipinski definition) is 1. The highest BCUT2D eigenvalue weighted by molar-refractivity contribution is 5.76. The first-order valence-corrected chi connectivity index (χ1v) is 6.50. The number of hydrogen-bond acceptors (Lipinski definition) is 3. The first kappa shape index (κ1) is 13.5. The minimum absolute atomic E-state index is 0.110. The van der Waals surface area contributed by atoms with Crippen LogP contribution in [0, 0.1) is 11.8 Å². The number of carbonyl (C=O) groups excluding carboxylic acids is 1. The Bertz CT molecular complexity index is 222. The van der Waals surface area contributed by atoms with E-state index in [2.05, 4.69) is 6.92 Å². The molecule has 3 nitrogen and oxygen atoms in total. The Labute approximate surface area is 98.7 Å². The van der Waals surface area contributed by atoms with Gasteiger partial charge in [0.1, 0.15) is 12.1 Å². The van der Waals surface area contributed by atoms with Gasteiger partial charge in [-0.15, -0.1) is 0 Å². The first-order chi connectivity index (χ1) is 7.54. The van der Waals surface area contributed by atoms with Crippen LogP contribution in [0.25, 0.3) is 0 Å². The molecule has 1 rings (SSSR count). The summed E-state index contributed by atoms with van der Waals surface area (Å²) in [5.41, 5.74) is 5.84. The molecule has 2 unspecified atom stereocenters. The van der Waals surface area contributed by atoms with Gasteiger partial charge >= 0.3 is 5.97 Å². The Hall–Kier alpha value is -0.570. The molecule has 1 aliphatic carbocycles. The fourth-order valence-electron chi connectivity index (χ4n) is 2.08. The fraction of sp³-hybridized carbons (Fsp3) is 0.923. The number of nitrogens with two attached hydrogens (primary N) is 1. The van der Waals surface area contributed by atoms with Crippen LogP contribution < -0.4 is 5.73 Å². The Morgan fingerprint density at radius 2 is 1.94 bits per heavy atom. The van der Waals surface area contributed by atoms with Crippen molar-refractivity contribution in [3.8, 4) is 0 Å². The van der Waals surface area contributed by atoms with Crippen molar-refractivity contribution in [3.05, 3.63) is 0 Å². The smallest absolute Gasteiger partial charge is 0.323 e. The van der Waals surface area contributed by atoms with Crippen LogP contribution in [0.2, 0.25) is 0 Å². The van der Waals surface area contributed by atoms with Crippen molar-refractivity contribution in [3.63, 3.8) is 0 Å². The maximum absolute atomic E-state index is 11.7. The second kappa shape index (κ2) is 6.24. The largest absolute Gasteiger partial charge is 0.461 e. The van der Waals surface area contributed by atoms with Gasteiger partial charge in [0, 0.05) is 0 Å². The van der Waals surface area contributed by atoms with E-state index >= 15 is 0 Å². The third-order valence-electron chi connectivity index (χ3n) is 3.77.